The van der Waals surface area contributed by atoms with Crippen molar-refractivity contribution in [2.75, 3.05) is 33.8 Å². The van der Waals surface area contributed by atoms with Crippen LogP contribution in [0, 0.1) is 0 Å². The fourth-order valence-corrected chi connectivity index (χ4v) is 2.98. The number of likely N-dealkylation sites (N-methyl/N-ethyl adjacent to an activating group) is 1. The molecule has 1 fully saturated rings. The molecule has 1 aromatic heterocycles. The van der Waals surface area contributed by atoms with Gasteiger partial charge in [0.1, 0.15) is 5.75 Å². The molecule has 0 spiro atoms. The van der Waals surface area contributed by atoms with Gasteiger partial charge in [0.15, 0.2) is 0 Å². The SMILES string of the molecule is COc1ccc([C@H]2CN(Cc3ccccn3)CCN2C)cc1. The Morgan fingerprint density at radius 3 is 2.64 bits per heavy atom. The van der Waals surface area contributed by atoms with Crippen LogP contribution in [0.1, 0.15) is 17.3 Å². The summed E-state index contributed by atoms with van der Waals surface area (Å²) in [5.41, 5.74) is 2.48. The van der Waals surface area contributed by atoms with E-state index in [2.05, 4.69) is 46.1 Å². The van der Waals surface area contributed by atoms with Gasteiger partial charge in [0.25, 0.3) is 0 Å². The molecule has 2 heterocycles. The zero-order chi connectivity index (χ0) is 15.4. The topological polar surface area (TPSA) is 28.6 Å². The Bertz CT molecular complexity index is 585. The van der Waals surface area contributed by atoms with Crippen molar-refractivity contribution < 1.29 is 4.74 Å². The van der Waals surface area contributed by atoms with E-state index in [-0.39, 0.29) is 0 Å². The molecule has 1 atom stereocenters. The Labute approximate surface area is 132 Å². The molecule has 2 aromatic rings. The molecule has 116 valence electrons. The third-order valence-electron chi connectivity index (χ3n) is 4.34. The van der Waals surface area contributed by atoms with Crippen LogP contribution < -0.4 is 4.74 Å². The van der Waals surface area contributed by atoms with Gasteiger partial charge in [-0.15, -0.1) is 0 Å². The molecule has 4 nitrogen and oxygen atoms in total. The third-order valence-corrected chi connectivity index (χ3v) is 4.34. The molecule has 1 saturated heterocycles. The van der Waals surface area contributed by atoms with Gasteiger partial charge in [0.2, 0.25) is 0 Å². The number of nitrogens with zero attached hydrogens (tertiary/aromatic N) is 3. The number of ether oxygens (including phenoxy) is 1. The molecule has 1 aliphatic rings. The number of pyridine rings is 1. The summed E-state index contributed by atoms with van der Waals surface area (Å²) >= 11 is 0. The summed E-state index contributed by atoms with van der Waals surface area (Å²) in [5, 5.41) is 0. The van der Waals surface area contributed by atoms with Crippen molar-refractivity contribution in [1.29, 1.82) is 0 Å². The van der Waals surface area contributed by atoms with E-state index < -0.39 is 0 Å². The minimum Gasteiger partial charge on any atom is -0.497 e. The van der Waals surface area contributed by atoms with Gasteiger partial charge < -0.3 is 4.74 Å². The maximum absolute atomic E-state index is 5.25. The molecule has 22 heavy (non-hydrogen) atoms. The lowest BCUT2D eigenvalue weighted by Crippen LogP contribution is -2.46. The molecular weight excluding hydrogens is 274 g/mol. The fraction of sp³-hybridized carbons (Fsp3) is 0.389. The Hall–Kier alpha value is -1.91. The number of methoxy groups -OCH3 is 1. The summed E-state index contributed by atoms with van der Waals surface area (Å²) in [6.07, 6.45) is 1.87. The molecule has 1 aromatic carbocycles. The molecule has 1 aliphatic heterocycles. The summed E-state index contributed by atoms with van der Waals surface area (Å²) in [5.74, 6) is 0.910. The van der Waals surface area contributed by atoms with E-state index in [0.717, 1.165) is 37.6 Å². The van der Waals surface area contributed by atoms with Crippen LogP contribution in [-0.4, -0.2) is 48.6 Å². The van der Waals surface area contributed by atoms with E-state index in [0.29, 0.717) is 6.04 Å². The van der Waals surface area contributed by atoms with E-state index in [9.17, 15) is 0 Å². The van der Waals surface area contributed by atoms with Crippen LogP contribution in [-0.2, 0) is 6.54 Å². The molecule has 0 saturated carbocycles. The highest BCUT2D eigenvalue weighted by Gasteiger charge is 2.25. The maximum atomic E-state index is 5.25. The van der Waals surface area contributed by atoms with Gasteiger partial charge in [-0.3, -0.25) is 14.8 Å². The van der Waals surface area contributed by atoms with Gasteiger partial charge in [-0.1, -0.05) is 18.2 Å². The Morgan fingerprint density at radius 1 is 1.14 bits per heavy atom. The standard InChI is InChI=1S/C18H23N3O/c1-20-11-12-21(13-16-5-3-4-10-19-16)14-18(20)15-6-8-17(22-2)9-7-15/h3-10,18H,11-14H2,1-2H3/t18-/m1/s1. The van der Waals surface area contributed by atoms with Crippen molar-refractivity contribution in [3.63, 3.8) is 0 Å². The van der Waals surface area contributed by atoms with Gasteiger partial charge in [-0.2, -0.15) is 0 Å². The van der Waals surface area contributed by atoms with Crippen molar-refractivity contribution in [3.8, 4) is 5.75 Å². The highest BCUT2D eigenvalue weighted by molar-refractivity contribution is 5.29. The number of piperazine rings is 1. The van der Waals surface area contributed by atoms with Crippen LogP contribution >= 0.6 is 0 Å². The van der Waals surface area contributed by atoms with Gasteiger partial charge in [0, 0.05) is 38.4 Å². The summed E-state index contributed by atoms with van der Waals surface area (Å²) in [7, 11) is 3.91. The zero-order valence-corrected chi connectivity index (χ0v) is 13.3. The van der Waals surface area contributed by atoms with Crippen LogP contribution in [0.5, 0.6) is 5.75 Å². The zero-order valence-electron chi connectivity index (χ0n) is 13.3. The predicted molar refractivity (Wildman–Crippen MR) is 87.9 cm³/mol. The van der Waals surface area contributed by atoms with Crippen molar-refractivity contribution in [2.24, 2.45) is 0 Å². The van der Waals surface area contributed by atoms with E-state index in [4.69, 9.17) is 4.74 Å². The number of benzene rings is 1. The first-order valence-corrected chi connectivity index (χ1v) is 7.73. The first-order chi connectivity index (χ1) is 10.8. The smallest absolute Gasteiger partial charge is 0.118 e. The summed E-state index contributed by atoms with van der Waals surface area (Å²) < 4.78 is 5.25. The molecule has 0 bridgehead atoms. The fourth-order valence-electron chi connectivity index (χ4n) is 2.98. The van der Waals surface area contributed by atoms with Crippen LogP contribution in [0.4, 0.5) is 0 Å². The number of aromatic nitrogens is 1. The van der Waals surface area contributed by atoms with Gasteiger partial charge in [0.05, 0.1) is 12.8 Å². The molecule has 4 heteroatoms. The first-order valence-electron chi connectivity index (χ1n) is 7.73. The molecular formula is C18H23N3O. The Kier molecular flexibility index (Phi) is 4.71. The largest absolute Gasteiger partial charge is 0.497 e. The molecule has 0 unspecified atom stereocenters. The molecule has 0 radical (unpaired) electrons. The van der Waals surface area contributed by atoms with Crippen molar-refractivity contribution in [3.05, 3.63) is 59.9 Å². The van der Waals surface area contributed by atoms with Crippen molar-refractivity contribution in [1.82, 2.24) is 14.8 Å². The maximum Gasteiger partial charge on any atom is 0.118 e. The quantitative estimate of drug-likeness (QED) is 0.867. The summed E-state index contributed by atoms with van der Waals surface area (Å²) in [6, 6.07) is 15.0. The Morgan fingerprint density at radius 2 is 1.95 bits per heavy atom. The van der Waals surface area contributed by atoms with E-state index in [1.165, 1.54) is 5.56 Å². The van der Waals surface area contributed by atoms with E-state index in [1.54, 1.807) is 7.11 Å². The summed E-state index contributed by atoms with van der Waals surface area (Å²) in [4.78, 5) is 9.35. The molecule has 0 N–H and O–H groups in total. The van der Waals surface area contributed by atoms with Gasteiger partial charge in [-0.05, 0) is 36.9 Å². The van der Waals surface area contributed by atoms with Crippen LogP contribution in [0.25, 0.3) is 0 Å². The van der Waals surface area contributed by atoms with Crippen molar-refractivity contribution >= 4 is 0 Å². The summed E-state index contributed by atoms with van der Waals surface area (Å²) in [6.45, 7) is 4.10. The number of rotatable bonds is 4. The molecule has 0 amide bonds. The van der Waals surface area contributed by atoms with E-state index >= 15 is 0 Å². The Balaban J connectivity index is 1.70. The first kappa shape index (κ1) is 15.0. The molecule has 3 rings (SSSR count). The lowest BCUT2D eigenvalue weighted by atomic mass is 10.0. The minimum absolute atomic E-state index is 0.420. The predicted octanol–water partition coefficient (Wildman–Crippen LogP) is 2.58. The van der Waals surface area contributed by atoms with Crippen LogP contribution in [0.2, 0.25) is 0 Å². The van der Waals surface area contributed by atoms with Crippen LogP contribution in [0.3, 0.4) is 0 Å². The lowest BCUT2D eigenvalue weighted by molar-refractivity contribution is 0.0896. The minimum atomic E-state index is 0.420. The van der Waals surface area contributed by atoms with E-state index in [1.807, 2.05) is 24.4 Å². The second-order valence-electron chi connectivity index (χ2n) is 5.83. The monoisotopic (exact) mass is 297 g/mol. The second-order valence-corrected chi connectivity index (χ2v) is 5.83. The van der Waals surface area contributed by atoms with Crippen molar-refractivity contribution in [2.45, 2.75) is 12.6 Å². The lowest BCUT2D eigenvalue weighted by Gasteiger charge is -2.39. The number of hydrogen-bond donors (Lipinski definition) is 0. The molecule has 0 aliphatic carbocycles. The average molecular weight is 297 g/mol. The van der Waals surface area contributed by atoms with Crippen LogP contribution in [0.15, 0.2) is 48.7 Å². The highest BCUT2D eigenvalue weighted by atomic mass is 16.5. The second kappa shape index (κ2) is 6.90. The highest BCUT2D eigenvalue weighted by Crippen LogP contribution is 2.26. The third kappa shape index (κ3) is 3.46. The van der Waals surface area contributed by atoms with Gasteiger partial charge in [-0.25, -0.2) is 0 Å². The van der Waals surface area contributed by atoms with Gasteiger partial charge >= 0.3 is 0 Å². The number of hydrogen-bond acceptors (Lipinski definition) is 4. The average Bonchev–Trinajstić information content (AvgIpc) is 2.58. The normalized spacial score (nSPS) is 20.0.